The maximum atomic E-state index is 13.0. The molecule has 1 nitrogen and oxygen atoms in total. The first-order valence-electron chi connectivity index (χ1n) is 4.93. The Bertz CT molecular complexity index is 605. The zero-order chi connectivity index (χ0) is 13.3. The summed E-state index contributed by atoms with van der Waals surface area (Å²) in [5.41, 5.74) is 0.110. The summed E-state index contributed by atoms with van der Waals surface area (Å²) in [6.45, 7) is 0. The highest BCUT2D eigenvalue weighted by Gasteiger charge is 2.15. The van der Waals surface area contributed by atoms with E-state index in [0.717, 1.165) is 18.2 Å². The third kappa shape index (κ3) is 2.72. The predicted molar refractivity (Wildman–Crippen MR) is 68.9 cm³/mol. The first-order chi connectivity index (χ1) is 8.47. The van der Waals surface area contributed by atoms with Gasteiger partial charge in [0, 0.05) is 20.8 Å². The summed E-state index contributed by atoms with van der Waals surface area (Å²) in [6, 6.07) is 6.19. The van der Waals surface area contributed by atoms with Crippen LogP contribution in [0.5, 0.6) is 0 Å². The van der Waals surface area contributed by atoms with Crippen molar-refractivity contribution in [2.75, 3.05) is 0 Å². The van der Waals surface area contributed by atoms with Crippen molar-refractivity contribution >= 4 is 28.4 Å². The van der Waals surface area contributed by atoms with Crippen molar-refractivity contribution < 1.29 is 18.0 Å². The predicted octanol–water partition coefficient (Wildman–Crippen LogP) is 3.94. The molecule has 0 aromatic heterocycles. The number of carbonyl (C=O) groups is 1. The van der Waals surface area contributed by atoms with E-state index in [9.17, 15) is 18.0 Å². The minimum Gasteiger partial charge on any atom is -0.289 e. The Kier molecular flexibility index (Phi) is 3.70. The molecule has 0 radical (unpaired) electrons. The SMILES string of the molecule is O=C(c1cc(F)cc(F)c1)c1ccc(F)cc1I. The zero-order valence-corrected chi connectivity index (χ0v) is 11.0. The molecular formula is C13H6F3IO. The highest BCUT2D eigenvalue weighted by molar-refractivity contribution is 14.1. The van der Waals surface area contributed by atoms with E-state index >= 15 is 0 Å². The van der Waals surface area contributed by atoms with Crippen LogP contribution >= 0.6 is 22.6 Å². The zero-order valence-electron chi connectivity index (χ0n) is 8.88. The smallest absolute Gasteiger partial charge is 0.194 e. The molecule has 0 N–H and O–H groups in total. The lowest BCUT2D eigenvalue weighted by atomic mass is 10.0. The Balaban J connectivity index is 2.47. The first-order valence-corrected chi connectivity index (χ1v) is 6.01. The Labute approximate surface area is 115 Å². The molecule has 2 aromatic rings. The summed E-state index contributed by atoms with van der Waals surface area (Å²) >= 11 is 1.80. The second-order valence-electron chi connectivity index (χ2n) is 3.61. The van der Waals surface area contributed by atoms with Gasteiger partial charge in [-0.3, -0.25) is 4.79 Å². The molecule has 0 spiro atoms. The first kappa shape index (κ1) is 13.1. The molecule has 0 fully saturated rings. The number of carbonyl (C=O) groups excluding carboxylic acids is 1. The van der Waals surface area contributed by atoms with Crippen molar-refractivity contribution in [3.63, 3.8) is 0 Å². The maximum Gasteiger partial charge on any atom is 0.194 e. The van der Waals surface area contributed by atoms with Gasteiger partial charge in [0.05, 0.1) is 0 Å². The number of hydrogen-bond acceptors (Lipinski definition) is 1. The van der Waals surface area contributed by atoms with Gasteiger partial charge in [0.1, 0.15) is 17.5 Å². The molecule has 2 aromatic carbocycles. The van der Waals surface area contributed by atoms with E-state index < -0.39 is 23.2 Å². The minimum atomic E-state index is -0.824. The van der Waals surface area contributed by atoms with Gasteiger partial charge in [-0.05, 0) is 52.9 Å². The normalized spacial score (nSPS) is 10.4. The van der Waals surface area contributed by atoms with Gasteiger partial charge in [-0.15, -0.1) is 0 Å². The van der Waals surface area contributed by atoms with E-state index in [1.807, 2.05) is 0 Å². The van der Waals surface area contributed by atoms with Gasteiger partial charge in [-0.1, -0.05) is 0 Å². The molecule has 0 unspecified atom stereocenters. The third-order valence-corrected chi connectivity index (χ3v) is 3.19. The molecule has 0 atom stereocenters. The van der Waals surface area contributed by atoms with E-state index in [4.69, 9.17) is 0 Å². The quantitative estimate of drug-likeness (QED) is 0.584. The van der Waals surface area contributed by atoms with E-state index in [1.54, 1.807) is 22.6 Å². The molecule has 0 saturated carbocycles. The Morgan fingerprint density at radius 2 is 1.50 bits per heavy atom. The van der Waals surface area contributed by atoms with Gasteiger partial charge >= 0.3 is 0 Å². The largest absolute Gasteiger partial charge is 0.289 e. The van der Waals surface area contributed by atoms with E-state index in [0.29, 0.717) is 9.64 Å². The number of halogens is 4. The van der Waals surface area contributed by atoms with E-state index in [1.165, 1.54) is 12.1 Å². The molecular weight excluding hydrogens is 356 g/mol. The van der Waals surface area contributed by atoms with Gasteiger partial charge in [0.25, 0.3) is 0 Å². The molecule has 0 saturated heterocycles. The average Bonchev–Trinajstić information content (AvgIpc) is 2.26. The van der Waals surface area contributed by atoms with Gasteiger partial charge in [0.2, 0.25) is 0 Å². The molecule has 0 heterocycles. The highest BCUT2D eigenvalue weighted by Crippen LogP contribution is 2.19. The van der Waals surface area contributed by atoms with Gasteiger partial charge in [0.15, 0.2) is 5.78 Å². The molecule has 0 amide bonds. The summed E-state index contributed by atoms with van der Waals surface area (Å²) in [7, 11) is 0. The third-order valence-electron chi connectivity index (χ3n) is 2.30. The van der Waals surface area contributed by atoms with Gasteiger partial charge in [-0.25, -0.2) is 13.2 Å². The van der Waals surface area contributed by atoms with Crippen LogP contribution in [0.3, 0.4) is 0 Å². The molecule has 18 heavy (non-hydrogen) atoms. The second kappa shape index (κ2) is 5.09. The summed E-state index contributed by atoms with van der Waals surface area (Å²) in [4.78, 5) is 12.0. The van der Waals surface area contributed by atoms with Crippen molar-refractivity contribution in [2.45, 2.75) is 0 Å². The van der Waals surface area contributed by atoms with Crippen LogP contribution in [0.1, 0.15) is 15.9 Å². The monoisotopic (exact) mass is 362 g/mol. The Hall–Kier alpha value is -1.37. The Morgan fingerprint density at radius 3 is 2.06 bits per heavy atom. The fraction of sp³-hybridized carbons (Fsp3) is 0. The molecule has 92 valence electrons. The molecule has 0 aliphatic heterocycles. The molecule has 2 rings (SSSR count). The molecule has 5 heteroatoms. The lowest BCUT2D eigenvalue weighted by Gasteiger charge is -2.04. The topological polar surface area (TPSA) is 17.1 Å². The molecule has 0 aliphatic rings. The highest BCUT2D eigenvalue weighted by atomic mass is 127. The summed E-state index contributed by atoms with van der Waals surface area (Å²) in [5.74, 6) is -2.66. The lowest BCUT2D eigenvalue weighted by molar-refractivity contribution is 0.103. The fourth-order valence-corrected chi connectivity index (χ4v) is 2.24. The number of hydrogen-bond donors (Lipinski definition) is 0. The van der Waals surface area contributed by atoms with Crippen LogP contribution in [0.2, 0.25) is 0 Å². The van der Waals surface area contributed by atoms with Crippen molar-refractivity contribution in [2.24, 2.45) is 0 Å². The van der Waals surface area contributed by atoms with Crippen LogP contribution in [0.4, 0.5) is 13.2 Å². The average molecular weight is 362 g/mol. The number of ketones is 1. The standard InChI is InChI=1S/C13H6F3IO/c14-8-1-2-11(12(17)6-8)13(18)7-3-9(15)5-10(16)4-7/h1-6H. The van der Waals surface area contributed by atoms with Crippen molar-refractivity contribution in [3.8, 4) is 0 Å². The second-order valence-corrected chi connectivity index (χ2v) is 4.77. The van der Waals surface area contributed by atoms with Gasteiger partial charge < -0.3 is 0 Å². The summed E-state index contributed by atoms with van der Waals surface area (Å²) < 4.78 is 39.3. The van der Waals surface area contributed by atoms with Crippen LogP contribution < -0.4 is 0 Å². The molecule has 0 aliphatic carbocycles. The number of rotatable bonds is 2. The lowest BCUT2D eigenvalue weighted by Crippen LogP contribution is -2.05. The van der Waals surface area contributed by atoms with Crippen LogP contribution in [-0.2, 0) is 0 Å². The van der Waals surface area contributed by atoms with Crippen LogP contribution in [0, 0.1) is 21.0 Å². The van der Waals surface area contributed by atoms with E-state index in [2.05, 4.69) is 0 Å². The molecule has 0 bridgehead atoms. The minimum absolute atomic E-state index is 0.1000. The Morgan fingerprint density at radius 1 is 0.889 bits per heavy atom. The van der Waals surface area contributed by atoms with Crippen LogP contribution in [0.15, 0.2) is 36.4 Å². The summed E-state index contributed by atoms with van der Waals surface area (Å²) in [6.07, 6.45) is 0. The van der Waals surface area contributed by atoms with E-state index in [-0.39, 0.29) is 11.1 Å². The van der Waals surface area contributed by atoms with Crippen molar-refractivity contribution in [1.82, 2.24) is 0 Å². The summed E-state index contributed by atoms with van der Waals surface area (Å²) in [5, 5.41) is 0. The van der Waals surface area contributed by atoms with Crippen molar-refractivity contribution in [1.29, 1.82) is 0 Å². The van der Waals surface area contributed by atoms with Crippen LogP contribution in [0.25, 0.3) is 0 Å². The van der Waals surface area contributed by atoms with Crippen LogP contribution in [-0.4, -0.2) is 5.78 Å². The number of benzene rings is 2. The van der Waals surface area contributed by atoms with Crippen molar-refractivity contribution in [3.05, 3.63) is 68.5 Å². The maximum absolute atomic E-state index is 13.0. The fourth-order valence-electron chi connectivity index (χ4n) is 1.51. The van der Waals surface area contributed by atoms with Gasteiger partial charge in [-0.2, -0.15) is 0 Å².